The van der Waals surface area contributed by atoms with E-state index in [0.717, 1.165) is 16.8 Å². The van der Waals surface area contributed by atoms with Gasteiger partial charge in [-0.05, 0) is 35.5 Å². The number of piperidine rings is 1. The van der Waals surface area contributed by atoms with Gasteiger partial charge in [-0.1, -0.05) is 16.5 Å². The molecule has 0 aromatic carbocycles. The first kappa shape index (κ1) is 23.5. The first-order valence-electron chi connectivity index (χ1n) is 11.2. The third kappa shape index (κ3) is 3.40. The summed E-state index contributed by atoms with van der Waals surface area (Å²) in [6.45, 7) is 0. The fourth-order valence-corrected chi connectivity index (χ4v) is 5.22. The van der Waals surface area contributed by atoms with Gasteiger partial charge < -0.3 is 4.90 Å². The smallest absolute Gasteiger partial charge is 0.224 e. The van der Waals surface area contributed by atoms with Crippen LogP contribution >= 0.6 is 0 Å². The summed E-state index contributed by atoms with van der Waals surface area (Å²) >= 11 is 0. The first-order chi connectivity index (χ1) is 15.3. The lowest BCUT2D eigenvalue weighted by Crippen LogP contribution is -2.74. The van der Waals surface area contributed by atoms with E-state index in [2.05, 4.69) is 67.2 Å². The van der Waals surface area contributed by atoms with E-state index in [-0.39, 0.29) is 16.3 Å². The van der Waals surface area contributed by atoms with Crippen LogP contribution in [-0.2, 0) is 11.2 Å². The Labute approximate surface area is 200 Å². The molecule has 3 aromatic rings. The van der Waals surface area contributed by atoms with Gasteiger partial charge in [0, 0.05) is 35.5 Å². The molecular weight excluding hydrogens is 409 g/mol. The van der Waals surface area contributed by atoms with Crippen LogP contribution in [0, 0.1) is 5.95 Å². The molecule has 4 heterocycles. The van der Waals surface area contributed by atoms with Crippen molar-refractivity contribution in [3.8, 4) is 11.3 Å². The Balaban J connectivity index is 1.83. The number of amides is 1. The van der Waals surface area contributed by atoms with E-state index in [9.17, 15) is 9.18 Å². The summed E-state index contributed by atoms with van der Waals surface area (Å²) < 4.78 is 13.4. The lowest BCUT2D eigenvalue weighted by Gasteiger charge is -2.68. The maximum atomic E-state index is 14.4. The normalized spacial score (nSPS) is 23.3. The number of rotatable bonds is 4. The lowest BCUT2D eigenvalue weighted by atomic mass is 9.12. The molecule has 6 nitrogen and oxygen atoms in total. The second-order valence-electron chi connectivity index (χ2n) is 10.8. The molecule has 1 aliphatic rings. The van der Waals surface area contributed by atoms with Crippen molar-refractivity contribution in [2.75, 3.05) is 4.90 Å². The molecule has 4 rings (SSSR count). The molecule has 0 saturated carbocycles. The van der Waals surface area contributed by atoms with Gasteiger partial charge in [0.25, 0.3) is 0 Å². The van der Waals surface area contributed by atoms with Crippen molar-refractivity contribution in [1.29, 1.82) is 0 Å². The highest BCUT2D eigenvalue weighted by Gasteiger charge is 2.65. The zero-order valence-corrected chi connectivity index (χ0v) is 20.4. The zero-order valence-electron chi connectivity index (χ0n) is 20.4. The molecule has 160 valence electrons. The summed E-state index contributed by atoms with van der Waals surface area (Å²) in [7, 11) is 15.0. The van der Waals surface area contributed by atoms with Gasteiger partial charge in [-0.2, -0.15) is 9.49 Å². The standard InChI is InChI=1S/C19H25B7FN5O/c20-16(8-10-1-2-13(27)29-9-10)15(33)32(19(25,26)18(23,24)17(16,21)22)14-7-12(30-31-14)11-3-5-28-6-4-11/h1-7,9H,8,20-26H2,(H,30,31). The predicted molar refractivity (Wildman–Crippen MR) is 148 cm³/mol. The summed E-state index contributed by atoms with van der Waals surface area (Å²) in [4.78, 5) is 24.1. The van der Waals surface area contributed by atoms with Crippen molar-refractivity contribution < 1.29 is 9.18 Å². The Morgan fingerprint density at radius 2 is 1.64 bits per heavy atom. The van der Waals surface area contributed by atoms with Crippen LogP contribution in [0.5, 0.6) is 0 Å². The Bertz CT molecular complexity index is 1190. The second-order valence-corrected chi connectivity index (χ2v) is 10.8. The quantitative estimate of drug-likeness (QED) is 0.337. The Morgan fingerprint density at radius 1 is 0.970 bits per heavy atom. The topological polar surface area (TPSA) is 74.8 Å². The van der Waals surface area contributed by atoms with Crippen LogP contribution in [0.2, 0.25) is 15.7 Å². The van der Waals surface area contributed by atoms with E-state index in [1.807, 2.05) is 30.9 Å². The number of anilines is 1. The number of carbonyl (C=O) groups excluding carboxylic acids is 1. The maximum absolute atomic E-state index is 14.4. The Kier molecular flexibility index (Phi) is 5.49. The predicted octanol–water partition coefficient (Wildman–Crippen LogP) is -3.93. The molecule has 33 heavy (non-hydrogen) atoms. The monoisotopic (exact) mass is 435 g/mol. The van der Waals surface area contributed by atoms with Crippen LogP contribution in [0.15, 0.2) is 48.9 Å². The molecule has 1 fully saturated rings. The molecule has 3 aromatic heterocycles. The number of pyridine rings is 2. The van der Waals surface area contributed by atoms with Gasteiger partial charge in [-0.3, -0.25) is 14.9 Å². The van der Waals surface area contributed by atoms with Crippen molar-refractivity contribution in [3.05, 3.63) is 60.4 Å². The number of carbonyl (C=O) groups is 1. The highest BCUT2D eigenvalue weighted by molar-refractivity contribution is 6.67. The third-order valence-electron chi connectivity index (χ3n) is 8.83. The van der Waals surface area contributed by atoms with Gasteiger partial charge in [-0.15, -0.1) is 0 Å². The number of nitrogens with zero attached hydrogens (tertiary/aromatic N) is 4. The number of aromatic amines is 1. The van der Waals surface area contributed by atoms with E-state index in [4.69, 9.17) is 0 Å². The summed E-state index contributed by atoms with van der Waals surface area (Å²) in [6, 6.07) is 8.76. The molecule has 1 N–H and O–H groups in total. The van der Waals surface area contributed by atoms with Crippen molar-refractivity contribution in [2.45, 2.75) is 27.5 Å². The maximum Gasteiger partial charge on any atom is 0.224 e. The van der Waals surface area contributed by atoms with E-state index in [1.54, 1.807) is 18.5 Å². The minimum atomic E-state index is -0.770. The van der Waals surface area contributed by atoms with Crippen molar-refractivity contribution in [1.82, 2.24) is 20.2 Å². The second kappa shape index (κ2) is 7.71. The Hall–Kier alpha value is -2.64. The average Bonchev–Trinajstić information content (AvgIpc) is 3.24. The van der Waals surface area contributed by atoms with Gasteiger partial charge in [0.2, 0.25) is 11.9 Å². The van der Waals surface area contributed by atoms with Crippen LogP contribution in [0.3, 0.4) is 0 Å². The SMILES string of the molecule is BC1(Cc2ccc(F)nc2)C(=O)N(c2cc(-c3ccncc3)n[nH]2)C(B)(B)C(B)(B)C1(B)B. The van der Waals surface area contributed by atoms with E-state index in [0.29, 0.717) is 12.2 Å². The van der Waals surface area contributed by atoms with Crippen LogP contribution in [0.1, 0.15) is 5.56 Å². The lowest BCUT2D eigenvalue weighted by molar-refractivity contribution is -0.124. The van der Waals surface area contributed by atoms with Gasteiger partial charge in [0.1, 0.15) is 29.4 Å². The molecule has 0 spiro atoms. The number of H-pyrrole nitrogens is 1. The molecule has 1 unspecified atom stereocenters. The number of halogens is 1. The highest BCUT2D eigenvalue weighted by atomic mass is 19.1. The third-order valence-corrected chi connectivity index (χ3v) is 8.83. The van der Waals surface area contributed by atoms with Gasteiger partial charge in [0.15, 0.2) is 0 Å². The minimum Gasteiger partial charge on any atom is -0.309 e. The molecule has 1 amide bonds. The number of hydrogen-bond acceptors (Lipinski definition) is 4. The Morgan fingerprint density at radius 3 is 2.24 bits per heavy atom. The van der Waals surface area contributed by atoms with Crippen LogP contribution in [0.25, 0.3) is 11.3 Å². The first-order valence-corrected chi connectivity index (χ1v) is 11.2. The van der Waals surface area contributed by atoms with E-state index < -0.39 is 16.6 Å². The van der Waals surface area contributed by atoms with Crippen LogP contribution in [-0.4, -0.2) is 86.3 Å². The number of nitrogens with one attached hydrogen (secondary N) is 1. The number of aromatic nitrogens is 4. The molecule has 0 aliphatic carbocycles. The van der Waals surface area contributed by atoms with Crippen molar-refractivity contribution in [3.63, 3.8) is 0 Å². The molecular formula is C19H25B7FN5O. The summed E-state index contributed by atoms with van der Waals surface area (Å²) in [5.41, 5.74) is 2.51. The van der Waals surface area contributed by atoms with Crippen molar-refractivity contribution >= 4 is 66.6 Å². The summed E-state index contributed by atoms with van der Waals surface area (Å²) in [5, 5.41) is 5.62. The van der Waals surface area contributed by atoms with Gasteiger partial charge in [0.05, 0.1) is 37.1 Å². The zero-order chi connectivity index (χ0) is 24.2. The molecule has 1 aliphatic heterocycles. The molecule has 14 heteroatoms. The fourth-order valence-electron chi connectivity index (χ4n) is 5.22. The molecule has 0 bridgehead atoms. The van der Waals surface area contributed by atoms with E-state index in [1.165, 1.54) is 12.3 Å². The van der Waals surface area contributed by atoms with Crippen LogP contribution < -0.4 is 4.90 Å². The molecule has 1 saturated heterocycles. The summed E-state index contributed by atoms with van der Waals surface area (Å²) in [6.07, 6.45) is 5.42. The van der Waals surface area contributed by atoms with Crippen molar-refractivity contribution in [2.24, 2.45) is 0 Å². The van der Waals surface area contributed by atoms with Gasteiger partial charge in [-0.25, -0.2) is 4.98 Å². The van der Waals surface area contributed by atoms with Gasteiger partial charge >= 0.3 is 0 Å². The average molecular weight is 434 g/mol. The van der Waals surface area contributed by atoms with Crippen LogP contribution in [0.4, 0.5) is 10.2 Å². The minimum absolute atomic E-state index is 0.00563. The highest BCUT2D eigenvalue weighted by Crippen LogP contribution is 2.67. The fraction of sp³-hybridized carbons (Fsp3) is 0.263. The molecule has 0 radical (unpaired) electrons. The molecule has 1 atom stereocenters. The largest absolute Gasteiger partial charge is 0.309 e. The summed E-state index contributed by atoms with van der Waals surface area (Å²) in [5.74, 6) is 0.136. The van der Waals surface area contributed by atoms with E-state index >= 15 is 0 Å². The number of hydrogen-bond donors (Lipinski definition) is 1.